The second kappa shape index (κ2) is 3.32. The van der Waals surface area contributed by atoms with Gasteiger partial charge in [-0.2, -0.15) is 0 Å². The van der Waals surface area contributed by atoms with Gasteiger partial charge in [0.2, 0.25) is 0 Å². The topological polar surface area (TPSA) is 47.3 Å². The monoisotopic (exact) mass is 144 g/mol. The maximum absolute atomic E-state index is 5.66. The molecular formula is C7H16N2O. The van der Waals surface area contributed by atoms with Gasteiger partial charge in [-0.25, -0.2) is 0 Å². The zero-order valence-corrected chi connectivity index (χ0v) is 6.63. The lowest BCUT2D eigenvalue weighted by Gasteiger charge is -2.31. The fraction of sp³-hybridized carbons (Fsp3) is 1.00. The van der Waals surface area contributed by atoms with Gasteiger partial charge in [0.15, 0.2) is 0 Å². The molecule has 0 spiro atoms. The third kappa shape index (κ3) is 1.94. The van der Waals surface area contributed by atoms with Crippen molar-refractivity contribution in [3.8, 4) is 0 Å². The molecule has 1 aliphatic heterocycles. The predicted molar refractivity (Wildman–Crippen MR) is 40.9 cm³/mol. The fourth-order valence-electron chi connectivity index (χ4n) is 0.855. The summed E-state index contributed by atoms with van der Waals surface area (Å²) in [6, 6.07) is 1.16. The van der Waals surface area contributed by atoms with Crippen molar-refractivity contribution in [3.63, 3.8) is 0 Å². The molecule has 0 saturated carbocycles. The minimum atomic E-state index is 0.223. The maximum Gasteiger partial charge on any atom is 0.0643 e. The first-order valence-corrected chi connectivity index (χ1v) is 3.79. The summed E-state index contributed by atoms with van der Waals surface area (Å²) in [6.07, 6.45) is 0. The summed E-state index contributed by atoms with van der Waals surface area (Å²) in [4.78, 5) is 0. The number of ether oxygens (including phenoxy) is 1. The number of hydrogen-bond acceptors (Lipinski definition) is 3. The Hall–Kier alpha value is -0.120. The van der Waals surface area contributed by atoms with Crippen LogP contribution in [-0.2, 0) is 4.74 Å². The van der Waals surface area contributed by atoms with E-state index in [-0.39, 0.29) is 6.04 Å². The van der Waals surface area contributed by atoms with Crippen molar-refractivity contribution in [3.05, 3.63) is 0 Å². The van der Waals surface area contributed by atoms with Crippen LogP contribution < -0.4 is 11.1 Å². The Bertz CT molecular complexity index is 102. The number of nitrogens with two attached hydrogens (primary N) is 1. The number of nitrogens with one attached hydrogen (secondary N) is 1. The first-order chi connectivity index (χ1) is 4.70. The largest absolute Gasteiger partial charge is 0.378 e. The van der Waals surface area contributed by atoms with E-state index in [1.54, 1.807) is 0 Å². The van der Waals surface area contributed by atoms with Gasteiger partial charge in [0, 0.05) is 12.1 Å². The molecule has 0 aromatic rings. The SMILES string of the molecule is CC(N)C(C)NC1COC1. The van der Waals surface area contributed by atoms with E-state index in [2.05, 4.69) is 12.2 Å². The smallest absolute Gasteiger partial charge is 0.0643 e. The molecule has 1 fully saturated rings. The molecule has 2 atom stereocenters. The van der Waals surface area contributed by atoms with Crippen molar-refractivity contribution in [2.45, 2.75) is 32.0 Å². The Morgan fingerprint density at radius 1 is 1.50 bits per heavy atom. The van der Waals surface area contributed by atoms with Crippen molar-refractivity contribution < 1.29 is 4.74 Å². The molecule has 1 rings (SSSR count). The van der Waals surface area contributed by atoms with Crippen LogP contribution in [0.1, 0.15) is 13.8 Å². The third-order valence-electron chi connectivity index (χ3n) is 1.93. The van der Waals surface area contributed by atoms with Gasteiger partial charge >= 0.3 is 0 Å². The molecule has 1 saturated heterocycles. The zero-order chi connectivity index (χ0) is 7.56. The van der Waals surface area contributed by atoms with Crippen LogP contribution in [0.25, 0.3) is 0 Å². The molecule has 2 unspecified atom stereocenters. The summed E-state index contributed by atoms with van der Waals surface area (Å²) in [5.41, 5.74) is 5.66. The molecule has 0 aromatic carbocycles. The first-order valence-electron chi connectivity index (χ1n) is 3.79. The van der Waals surface area contributed by atoms with E-state index in [0.29, 0.717) is 12.1 Å². The van der Waals surface area contributed by atoms with Crippen LogP contribution in [-0.4, -0.2) is 31.3 Å². The molecule has 3 nitrogen and oxygen atoms in total. The van der Waals surface area contributed by atoms with E-state index >= 15 is 0 Å². The third-order valence-corrected chi connectivity index (χ3v) is 1.93. The summed E-state index contributed by atoms with van der Waals surface area (Å²) >= 11 is 0. The lowest BCUT2D eigenvalue weighted by Crippen LogP contribution is -2.53. The van der Waals surface area contributed by atoms with Crippen LogP contribution in [0.15, 0.2) is 0 Å². The van der Waals surface area contributed by atoms with E-state index < -0.39 is 0 Å². The predicted octanol–water partition coefficient (Wildman–Crippen LogP) is -0.289. The van der Waals surface area contributed by atoms with Crippen molar-refractivity contribution >= 4 is 0 Å². The van der Waals surface area contributed by atoms with Crippen LogP contribution >= 0.6 is 0 Å². The number of hydrogen-bond donors (Lipinski definition) is 2. The molecule has 0 aromatic heterocycles. The van der Waals surface area contributed by atoms with Crippen molar-refractivity contribution in [2.75, 3.05) is 13.2 Å². The van der Waals surface area contributed by atoms with Gasteiger partial charge in [0.05, 0.1) is 19.3 Å². The fourth-order valence-corrected chi connectivity index (χ4v) is 0.855. The van der Waals surface area contributed by atoms with E-state index in [1.165, 1.54) is 0 Å². The Labute approximate surface area is 61.9 Å². The van der Waals surface area contributed by atoms with Gasteiger partial charge < -0.3 is 15.8 Å². The summed E-state index contributed by atoms with van der Waals surface area (Å²) in [5.74, 6) is 0. The van der Waals surface area contributed by atoms with Crippen molar-refractivity contribution in [1.82, 2.24) is 5.32 Å². The quantitative estimate of drug-likeness (QED) is 0.572. The van der Waals surface area contributed by atoms with E-state index in [1.807, 2.05) is 6.92 Å². The van der Waals surface area contributed by atoms with Gasteiger partial charge in [-0.3, -0.25) is 0 Å². The highest BCUT2D eigenvalue weighted by Crippen LogP contribution is 2.01. The van der Waals surface area contributed by atoms with Gasteiger partial charge in [0.1, 0.15) is 0 Å². The van der Waals surface area contributed by atoms with Crippen LogP contribution in [0.3, 0.4) is 0 Å². The lowest BCUT2D eigenvalue weighted by atomic mass is 10.1. The lowest BCUT2D eigenvalue weighted by molar-refractivity contribution is -0.0100. The molecule has 3 heteroatoms. The molecule has 0 amide bonds. The van der Waals surface area contributed by atoms with E-state index in [0.717, 1.165) is 13.2 Å². The van der Waals surface area contributed by atoms with Crippen molar-refractivity contribution in [1.29, 1.82) is 0 Å². The molecule has 10 heavy (non-hydrogen) atoms. The summed E-state index contributed by atoms with van der Waals surface area (Å²) in [5, 5.41) is 3.37. The molecule has 1 aliphatic rings. The van der Waals surface area contributed by atoms with Gasteiger partial charge in [-0.15, -0.1) is 0 Å². The highest BCUT2D eigenvalue weighted by atomic mass is 16.5. The Balaban J connectivity index is 2.10. The summed E-state index contributed by atoms with van der Waals surface area (Å²) in [7, 11) is 0. The van der Waals surface area contributed by atoms with Crippen LogP contribution in [0, 0.1) is 0 Å². The summed E-state index contributed by atoms with van der Waals surface area (Å²) in [6.45, 7) is 5.80. The average molecular weight is 144 g/mol. The molecule has 0 radical (unpaired) electrons. The standard InChI is InChI=1S/C7H16N2O/c1-5(8)6(2)9-7-3-10-4-7/h5-7,9H,3-4,8H2,1-2H3. The minimum Gasteiger partial charge on any atom is -0.378 e. The summed E-state index contributed by atoms with van der Waals surface area (Å²) < 4.78 is 5.01. The molecule has 1 heterocycles. The van der Waals surface area contributed by atoms with Gasteiger partial charge in [-0.1, -0.05) is 0 Å². The Morgan fingerprint density at radius 3 is 2.40 bits per heavy atom. The van der Waals surface area contributed by atoms with Crippen LogP contribution in [0.4, 0.5) is 0 Å². The second-order valence-electron chi connectivity index (χ2n) is 3.05. The second-order valence-corrected chi connectivity index (χ2v) is 3.05. The van der Waals surface area contributed by atoms with E-state index in [4.69, 9.17) is 10.5 Å². The zero-order valence-electron chi connectivity index (χ0n) is 6.63. The Morgan fingerprint density at radius 2 is 2.10 bits per heavy atom. The normalized spacial score (nSPS) is 25.5. The minimum absolute atomic E-state index is 0.223. The highest BCUT2D eigenvalue weighted by Gasteiger charge is 2.20. The van der Waals surface area contributed by atoms with Gasteiger partial charge in [0.25, 0.3) is 0 Å². The van der Waals surface area contributed by atoms with Gasteiger partial charge in [-0.05, 0) is 13.8 Å². The van der Waals surface area contributed by atoms with Crippen molar-refractivity contribution in [2.24, 2.45) is 5.73 Å². The Kier molecular flexibility index (Phi) is 2.65. The molecule has 3 N–H and O–H groups in total. The highest BCUT2D eigenvalue weighted by molar-refractivity contribution is 4.80. The molecule has 0 bridgehead atoms. The van der Waals surface area contributed by atoms with Crippen LogP contribution in [0.2, 0.25) is 0 Å². The first kappa shape index (κ1) is 7.98. The maximum atomic E-state index is 5.66. The van der Waals surface area contributed by atoms with E-state index in [9.17, 15) is 0 Å². The van der Waals surface area contributed by atoms with Crippen LogP contribution in [0.5, 0.6) is 0 Å². The average Bonchev–Trinajstić information content (AvgIpc) is 1.77. The number of rotatable bonds is 3. The molecular weight excluding hydrogens is 128 g/mol. The molecule has 60 valence electrons. The molecule has 0 aliphatic carbocycles.